The first-order valence-corrected chi connectivity index (χ1v) is 9.71. The zero-order chi connectivity index (χ0) is 21.3. The summed E-state index contributed by atoms with van der Waals surface area (Å²) < 4.78 is 25.5. The third kappa shape index (κ3) is 3.74. The number of halogens is 1. The first-order chi connectivity index (χ1) is 14.5. The van der Waals surface area contributed by atoms with Gasteiger partial charge in [-0.3, -0.25) is 9.69 Å². The molecule has 0 aliphatic rings. The van der Waals surface area contributed by atoms with Crippen molar-refractivity contribution in [1.29, 1.82) is 0 Å². The number of nitrogens with one attached hydrogen (secondary N) is 1. The average molecular weight is 406 g/mol. The van der Waals surface area contributed by atoms with Gasteiger partial charge in [-0.1, -0.05) is 36.4 Å². The molecule has 5 nitrogen and oxygen atoms in total. The van der Waals surface area contributed by atoms with Crippen LogP contribution in [0.3, 0.4) is 0 Å². The largest absolute Gasteiger partial charge is 0.495 e. The molecule has 154 valence electrons. The SMILES string of the molecule is COc1cc2c(cc1NC(=O)CN(C)C(C)c1ccccc1F)oc1ccccc12. The highest BCUT2D eigenvalue weighted by Gasteiger charge is 2.19. The lowest BCUT2D eigenvalue weighted by atomic mass is 10.1. The third-order valence-corrected chi connectivity index (χ3v) is 5.38. The predicted molar refractivity (Wildman–Crippen MR) is 116 cm³/mol. The summed E-state index contributed by atoms with van der Waals surface area (Å²) in [7, 11) is 3.35. The van der Waals surface area contributed by atoms with Gasteiger partial charge in [-0.15, -0.1) is 0 Å². The summed E-state index contributed by atoms with van der Waals surface area (Å²) in [6, 6.07) is 17.7. The zero-order valence-electron chi connectivity index (χ0n) is 17.1. The number of rotatable bonds is 6. The van der Waals surface area contributed by atoms with E-state index in [4.69, 9.17) is 9.15 Å². The van der Waals surface area contributed by atoms with Crippen molar-refractivity contribution in [3.8, 4) is 5.75 Å². The molecule has 1 aromatic heterocycles. The minimum atomic E-state index is -0.283. The van der Waals surface area contributed by atoms with Crippen LogP contribution in [0.15, 0.2) is 65.1 Å². The van der Waals surface area contributed by atoms with E-state index in [0.29, 0.717) is 22.6 Å². The molecule has 0 spiro atoms. The predicted octanol–water partition coefficient (Wildman–Crippen LogP) is 5.37. The highest BCUT2D eigenvalue weighted by molar-refractivity contribution is 6.07. The van der Waals surface area contributed by atoms with Crippen molar-refractivity contribution in [2.45, 2.75) is 13.0 Å². The van der Waals surface area contributed by atoms with E-state index in [1.165, 1.54) is 6.07 Å². The van der Waals surface area contributed by atoms with E-state index in [1.54, 1.807) is 43.3 Å². The second-order valence-corrected chi connectivity index (χ2v) is 7.31. The summed E-state index contributed by atoms with van der Waals surface area (Å²) in [5, 5.41) is 4.80. The van der Waals surface area contributed by atoms with Crippen LogP contribution in [0.4, 0.5) is 10.1 Å². The quantitative estimate of drug-likeness (QED) is 0.468. The number of hydrogen-bond acceptors (Lipinski definition) is 4. The summed E-state index contributed by atoms with van der Waals surface area (Å²) in [6.45, 7) is 1.96. The summed E-state index contributed by atoms with van der Waals surface area (Å²) in [4.78, 5) is 14.5. The van der Waals surface area contributed by atoms with E-state index in [1.807, 2.05) is 37.3 Å². The monoisotopic (exact) mass is 406 g/mol. The molecule has 1 amide bonds. The number of amides is 1. The Morgan fingerprint density at radius 2 is 1.83 bits per heavy atom. The number of fused-ring (bicyclic) bond motifs is 3. The molecule has 4 rings (SSSR count). The zero-order valence-corrected chi connectivity index (χ0v) is 17.1. The van der Waals surface area contributed by atoms with Crippen LogP contribution in [0.5, 0.6) is 5.75 Å². The number of hydrogen-bond donors (Lipinski definition) is 1. The number of ether oxygens (including phenoxy) is 1. The number of furan rings is 1. The molecule has 0 fully saturated rings. The number of benzene rings is 3. The van der Waals surface area contributed by atoms with Gasteiger partial charge in [0.1, 0.15) is 22.7 Å². The Morgan fingerprint density at radius 3 is 2.60 bits per heavy atom. The fourth-order valence-electron chi connectivity index (χ4n) is 3.62. The molecule has 0 bridgehead atoms. The lowest BCUT2D eigenvalue weighted by Crippen LogP contribution is -2.32. The van der Waals surface area contributed by atoms with Gasteiger partial charge in [0.25, 0.3) is 0 Å². The summed E-state index contributed by atoms with van der Waals surface area (Å²) in [5.74, 6) is 0.0379. The molecule has 0 saturated carbocycles. The maximum absolute atomic E-state index is 14.1. The van der Waals surface area contributed by atoms with Gasteiger partial charge in [-0.05, 0) is 32.2 Å². The maximum Gasteiger partial charge on any atom is 0.238 e. The fraction of sp³-hybridized carbons (Fsp3) is 0.208. The Bertz CT molecular complexity index is 1220. The molecule has 1 heterocycles. The Morgan fingerprint density at radius 1 is 1.10 bits per heavy atom. The Kier molecular flexibility index (Phi) is 5.42. The number of nitrogens with zero attached hydrogens (tertiary/aromatic N) is 1. The van der Waals surface area contributed by atoms with Crippen LogP contribution in [0.2, 0.25) is 0 Å². The lowest BCUT2D eigenvalue weighted by molar-refractivity contribution is -0.117. The molecule has 0 aliphatic carbocycles. The van der Waals surface area contributed by atoms with Crippen LogP contribution in [0.1, 0.15) is 18.5 Å². The van der Waals surface area contributed by atoms with E-state index in [0.717, 1.165) is 16.4 Å². The number of likely N-dealkylation sites (N-methyl/N-ethyl adjacent to an activating group) is 1. The maximum atomic E-state index is 14.1. The smallest absolute Gasteiger partial charge is 0.238 e. The number of anilines is 1. The van der Waals surface area contributed by atoms with Gasteiger partial charge in [0.15, 0.2) is 0 Å². The van der Waals surface area contributed by atoms with Gasteiger partial charge < -0.3 is 14.5 Å². The molecule has 0 aliphatic heterocycles. The Hall–Kier alpha value is -3.38. The van der Waals surface area contributed by atoms with Crippen molar-refractivity contribution in [3.05, 3.63) is 72.0 Å². The molecular formula is C24H23FN2O3. The third-order valence-electron chi connectivity index (χ3n) is 5.38. The van der Waals surface area contributed by atoms with Crippen LogP contribution in [-0.4, -0.2) is 31.5 Å². The highest BCUT2D eigenvalue weighted by Crippen LogP contribution is 2.36. The van der Waals surface area contributed by atoms with E-state index in [9.17, 15) is 9.18 Å². The highest BCUT2D eigenvalue weighted by atomic mass is 19.1. The first-order valence-electron chi connectivity index (χ1n) is 9.71. The molecular weight excluding hydrogens is 383 g/mol. The van der Waals surface area contributed by atoms with Crippen molar-refractivity contribution in [2.75, 3.05) is 26.0 Å². The minimum Gasteiger partial charge on any atom is -0.495 e. The van der Waals surface area contributed by atoms with E-state index in [2.05, 4.69) is 5.32 Å². The number of para-hydroxylation sites is 1. The summed E-state index contributed by atoms with van der Waals surface area (Å²) in [5.41, 5.74) is 2.52. The fourth-order valence-corrected chi connectivity index (χ4v) is 3.62. The van der Waals surface area contributed by atoms with Crippen LogP contribution < -0.4 is 10.1 Å². The molecule has 1 N–H and O–H groups in total. The van der Waals surface area contributed by atoms with Gasteiger partial charge in [0.05, 0.1) is 19.3 Å². The second kappa shape index (κ2) is 8.16. The van der Waals surface area contributed by atoms with Gasteiger partial charge in [-0.25, -0.2) is 4.39 Å². The summed E-state index contributed by atoms with van der Waals surface area (Å²) >= 11 is 0. The molecule has 0 radical (unpaired) electrons. The topological polar surface area (TPSA) is 54.7 Å². The standard InChI is InChI=1S/C24H23FN2O3/c1-15(16-8-4-6-10-19(16)25)27(2)14-24(28)26-20-13-22-18(12-23(20)29-3)17-9-5-7-11-21(17)30-22/h4-13,15H,14H2,1-3H3,(H,26,28). The van der Waals surface area contributed by atoms with Crippen molar-refractivity contribution < 1.29 is 18.3 Å². The van der Waals surface area contributed by atoms with Crippen LogP contribution in [0, 0.1) is 5.82 Å². The molecule has 1 atom stereocenters. The van der Waals surface area contributed by atoms with E-state index >= 15 is 0 Å². The summed E-state index contributed by atoms with van der Waals surface area (Å²) in [6.07, 6.45) is 0. The van der Waals surface area contributed by atoms with Crippen LogP contribution in [0.25, 0.3) is 21.9 Å². The molecule has 0 saturated heterocycles. The van der Waals surface area contributed by atoms with Gasteiger partial charge in [0, 0.05) is 28.4 Å². The van der Waals surface area contributed by atoms with Gasteiger partial charge >= 0.3 is 0 Å². The average Bonchev–Trinajstić information content (AvgIpc) is 3.10. The van der Waals surface area contributed by atoms with Crippen molar-refractivity contribution in [2.24, 2.45) is 0 Å². The molecule has 30 heavy (non-hydrogen) atoms. The Balaban J connectivity index is 1.55. The van der Waals surface area contributed by atoms with Crippen LogP contribution in [-0.2, 0) is 4.79 Å². The van der Waals surface area contributed by atoms with Crippen LogP contribution >= 0.6 is 0 Å². The number of methoxy groups -OCH3 is 1. The van der Waals surface area contributed by atoms with Gasteiger partial charge in [-0.2, -0.15) is 0 Å². The van der Waals surface area contributed by atoms with Crippen molar-refractivity contribution >= 4 is 33.5 Å². The molecule has 1 unspecified atom stereocenters. The second-order valence-electron chi connectivity index (χ2n) is 7.31. The normalized spacial score (nSPS) is 12.4. The van der Waals surface area contributed by atoms with E-state index < -0.39 is 0 Å². The molecule has 3 aromatic carbocycles. The Labute approximate surface area is 174 Å². The molecule has 4 aromatic rings. The number of carbonyl (C=O) groups excluding carboxylic acids is 1. The minimum absolute atomic E-state index is 0.0941. The van der Waals surface area contributed by atoms with Crippen molar-refractivity contribution in [1.82, 2.24) is 4.90 Å². The van der Waals surface area contributed by atoms with Crippen molar-refractivity contribution in [3.63, 3.8) is 0 Å². The number of carbonyl (C=O) groups is 1. The molecule has 6 heteroatoms. The van der Waals surface area contributed by atoms with E-state index in [-0.39, 0.29) is 24.3 Å². The van der Waals surface area contributed by atoms with Gasteiger partial charge in [0.2, 0.25) is 5.91 Å². The lowest BCUT2D eigenvalue weighted by Gasteiger charge is -2.25. The first kappa shape index (κ1) is 19.9.